The van der Waals surface area contributed by atoms with Crippen LogP contribution >= 0.6 is 0 Å². The molecule has 1 heterocycles. The van der Waals surface area contributed by atoms with Crippen LogP contribution in [0.15, 0.2) is 0 Å². The van der Waals surface area contributed by atoms with Gasteiger partial charge in [-0.2, -0.15) is 18.3 Å². The zero-order valence-electron chi connectivity index (χ0n) is 9.78. The zero-order chi connectivity index (χ0) is 14.4. The van der Waals surface area contributed by atoms with Gasteiger partial charge in [-0.3, -0.25) is 9.48 Å². The van der Waals surface area contributed by atoms with E-state index in [4.69, 9.17) is 5.11 Å². The fraction of sp³-hybridized carbons (Fsp3) is 0.500. The Bertz CT molecular complexity index is 546. The highest BCUT2D eigenvalue weighted by Gasteiger charge is 2.43. The molecule has 0 unspecified atom stereocenters. The van der Waals surface area contributed by atoms with E-state index >= 15 is 0 Å². The molecular formula is C10H10F3N3O3. The van der Waals surface area contributed by atoms with Crippen LogP contribution in [0.3, 0.4) is 0 Å². The molecule has 1 fully saturated rings. The smallest absolute Gasteiger partial charge is 0.437 e. The van der Waals surface area contributed by atoms with Gasteiger partial charge in [0.25, 0.3) is 0 Å². The molecule has 1 amide bonds. The number of halogens is 3. The minimum Gasteiger partial charge on any atom is -0.476 e. The summed E-state index contributed by atoms with van der Waals surface area (Å²) in [5, 5.41) is 14.3. The monoisotopic (exact) mass is 277 g/mol. The average Bonchev–Trinajstić information content (AvgIpc) is 2.98. The number of rotatable bonds is 3. The van der Waals surface area contributed by atoms with Gasteiger partial charge < -0.3 is 10.4 Å². The van der Waals surface area contributed by atoms with Gasteiger partial charge in [-0.1, -0.05) is 0 Å². The zero-order valence-corrected chi connectivity index (χ0v) is 9.78. The number of anilines is 1. The highest BCUT2D eigenvalue weighted by molar-refractivity contribution is 5.99. The van der Waals surface area contributed by atoms with Gasteiger partial charge >= 0.3 is 12.1 Å². The molecule has 1 saturated carbocycles. The molecule has 0 bridgehead atoms. The Balaban J connectivity index is 2.62. The summed E-state index contributed by atoms with van der Waals surface area (Å²) in [5.41, 5.74) is -2.81. The summed E-state index contributed by atoms with van der Waals surface area (Å²) >= 11 is 0. The number of carbonyl (C=O) groups is 2. The second-order valence-electron chi connectivity index (χ2n) is 4.23. The van der Waals surface area contributed by atoms with Gasteiger partial charge in [0.1, 0.15) is 5.69 Å². The third-order valence-corrected chi connectivity index (χ3v) is 2.58. The Hall–Kier alpha value is -2.06. The summed E-state index contributed by atoms with van der Waals surface area (Å²) in [6.45, 7) is 1.00. The van der Waals surface area contributed by atoms with E-state index in [2.05, 4.69) is 5.10 Å². The third-order valence-electron chi connectivity index (χ3n) is 2.58. The van der Waals surface area contributed by atoms with Crippen molar-refractivity contribution in [1.29, 1.82) is 0 Å². The molecule has 9 heteroatoms. The number of hydrogen-bond donors (Lipinski definition) is 2. The van der Waals surface area contributed by atoms with E-state index in [-0.39, 0.29) is 6.04 Å². The summed E-state index contributed by atoms with van der Waals surface area (Å²) in [6.07, 6.45) is -3.69. The maximum Gasteiger partial charge on any atom is 0.437 e. The number of aromatic carboxylic acids is 1. The van der Waals surface area contributed by atoms with E-state index in [0.29, 0.717) is 12.8 Å². The molecule has 0 aliphatic heterocycles. The van der Waals surface area contributed by atoms with E-state index in [1.54, 1.807) is 0 Å². The molecule has 19 heavy (non-hydrogen) atoms. The van der Waals surface area contributed by atoms with Gasteiger partial charge in [-0.25, -0.2) is 4.79 Å². The van der Waals surface area contributed by atoms with E-state index in [1.807, 2.05) is 5.32 Å². The van der Waals surface area contributed by atoms with Gasteiger partial charge in [0.15, 0.2) is 11.4 Å². The van der Waals surface area contributed by atoms with Crippen LogP contribution in [0.25, 0.3) is 0 Å². The fourth-order valence-corrected chi connectivity index (χ4v) is 1.72. The molecule has 0 spiro atoms. The topological polar surface area (TPSA) is 84.2 Å². The number of alkyl halides is 3. The second kappa shape index (κ2) is 4.25. The maximum absolute atomic E-state index is 12.8. The standard InChI is InChI=1S/C10H10F3N3O3/c1-4(17)14-6-7(9(18)19)16(5-2-3-5)15-8(6)10(11,12)13/h5H,2-3H2,1H3,(H,14,17)(H,18,19). The molecule has 1 aliphatic carbocycles. The first kappa shape index (κ1) is 13.4. The number of amides is 1. The van der Waals surface area contributed by atoms with Crippen LogP contribution in [0.2, 0.25) is 0 Å². The van der Waals surface area contributed by atoms with Crippen molar-refractivity contribution in [1.82, 2.24) is 9.78 Å². The summed E-state index contributed by atoms with van der Waals surface area (Å²) in [5.74, 6) is -2.35. The lowest BCUT2D eigenvalue weighted by Crippen LogP contribution is -2.15. The highest BCUT2D eigenvalue weighted by Crippen LogP contribution is 2.42. The van der Waals surface area contributed by atoms with Crippen molar-refractivity contribution >= 4 is 17.6 Å². The van der Waals surface area contributed by atoms with Crippen molar-refractivity contribution in [3.8, 4) is 0 Å². The summed E-state index contributed by atoms with van der Waals surface area (Å²) in [6, 6.07) is -0.352. The number of hydrogen-bond acceptors (Lipinski definition) is 3. The normalized spacial score (nSPS) is 15.4. The quantitative estimate of drug-likeness (QED) is 0.883. The van der Waals surface area contributed by atoms with Crippen molar-refractivity contribution in [2.75, 3.05) is 5.32 Å². The number of aromatic nitrogens is 2. The molecule has 0 saturated heterocycles. The van der Waals surface area contributed by atoms with Crippen LogP contribution in [0.1, 0.15) is 42.0 Å². The molecular weight excluding hydrogens is 267 g/mol. The van der Waals surface area contributed by atoms with Crippen LogP contribution in [0.4, 0.5) is 18.9 Å². The first-order valence-electron chi connectivity index (χ1n) is 5.42. The first-order valence-corrected chi connectivity index (χ1v) is 5.42. The van der Waals surface area contributed by atoms with Crippen molar-refractivity contribution in [2.45, 2.75) is 32.0 Å². The molecule has 1 aromatic heterocycles. The molecule has 1 aromatic rings. The van der Waals surface area contributed by atoms with Crippen LogP contribution < -0.4 is 5.32 Å². The largest absolute Gasteiger partial charge is 0.476 e. The second-order valence-corrected chi connectivity index (χ2v) is 4.23. The van der Waals surface area contributed by atoms with Gasteiger partial charge in [-0.05, 0) is 12.8 Å². The molecule has 1 aliphatic rings. The third kappa shape index (κ3) is 2.54. The lowest BCUT2D eigenvalue weighted by molar-refractivity contribution is -0.140. The van der Waals surface area contributed by atoms with E-state index in [9.17, 15) is 22.8 Å². The highest BCUT2D eigenvalue weighted by atomic mass is 19.4. The maximum atomic E-state index is 12.8. The molecule has 2 N–H and O–H groups in total. The number of nitrogens with one attached hydrogen (secondary N) is 1. The van der Waals surface area contributed by atoms with Crippen molar-refractivity contribution < 1.29 is 27.9 Å². The summed E-state index contributed by atoms with van der Waals surface area (Å²) in [4.78, 5) is 22.1. The fourth-order valence-electron chi connectivity index (χ4n) is 1.72. The average molecular weight is 277 g/mol. The lowest BCUT2D eigenvalue weighted by Gasteiger charge is -2.07. The number of carboxylic acid groups (broad SMARTS) is 1. The first-order chi connectivity index (χ1) is 8.71. The van der Waals surface area contributed by atoms with Crippen molar-refractivity contribution in [3.63, 3.8) is 0 Å². The predicted octanol–water partition coefficient (Wildman–Crippen LogP) is 1.89. The Labute approximate surface area is 105 Å². The minimum absolute atomic E-state index is 0.352. The van der Waals surface area contributed by atoms with Crippen LogP contribution in [-0.4, -0.2) is 26.8 Å². The predicted molar refractivity (Wildman–Crippen MR) is 56.8 cm³/mol. The van der Waals surface area contributed by atoms with Crippen molar-refractivity contribution in [3.05, 3.63) is 11.4 Å². The van der Waals surface area contributed by atoms with Crippen molar-refractivity contribution in [2.24, 2.45) is 0 Å². The van der Waals surface area contributed by atoms with Gasteiger partial charge in [0.05, 0.1) is 6.04 Å². The Morgan fingerprint density at radius 1 is 1.42 bits per heavy atom. The van der Waals surface area contributed by atoms with Crippen LogP contribution in [0.5, 0.6) is 0 Å². The SMILES string of the molecule is CC(=O)Nc1c(C(F)(F)F)nn(C2CC2)c1C(=O)O. The van der Waals surface area contributed by atoms with Crippen LogP contribution in [-0.2, 0) is 11.0 Å². The summed E-state index contributed by atoms with van der Waals surface area (Å²) < 4.78 is 39.3. The Kier molecular flexibility index (Phi) is 2.99. The molecule has 0 aromatic carbocycles. The molecule has 0 atom stereocenters. The number of carbonyl (C=O) groups excluding carboxylic acids is 1. The Morgan fingerprint density at radius 3 is 2.37 bits per heavy atom. The van der Waals surface area contributed by atoms with Gasteiger partial charge in [0, 0.05) is 6.92 Å². The number of carboxylic acids is 1. The van der Waals surface area contributed by atoms with E-state index in [0.717, 1.165) is 11.6 Å². The van der Waals surface area contributed by atoms with Gasteiger partial charge in [-0.15, -0.1) is 0 Å². The molecule has 0 radical (unpaired) electrons. The van der Waals surface area contributed by atoms with E-state index < -0.39 is 35.1 Å². The summed E-state index contributed by atoms with van der Waals surface area (Å²) in [7, 11) is 0. The molecule has 6 nitrogen and oxygen atoms in total. The number of nitrogens with zero attached hydrogens (tertiary/aromatic N) is 2. The lowest BCUT2D eigenvalue weighted by atomic mass is 10.2. The minimum atomic E-state index is -4.83. The Morgan fingerprint density at radius 2 is 2.00 bits per heavy atom. The van der Waals surface area contributed by atoms with E-state index in [1.165, 1.54) is 0 Å². The molecule has 2 rings (SSSR count). The van der Waals surface area contributed by atoms with Gasteiger partial charge in [0.2, 0.25) is 5.91 Å². The van der Waals surface area contributed by atoms with Crippen LogP contribution in [0, 0.1) is 0 Å². The molecule has 104 valence electrons.